The molecule has 0 spiro atoms. The van der Waals surface area contributed by atoms with Crippen molar-refractivity contribution in [2.24, 2.45) is 5.10 Å². The first-order valence-corrected chi connectivity index (χ1v) is 12.0. The molecule has 9 nitrogen and oxygen atoms in total. The second-order valence-electron chi connectivity index (χ2n) is 7.73. The lowest BCUT2D eigenvalue weighted by molar-refractivity contribution is 0.0829. The number of nitrogens with one attached hydrogen (secondary N) is 3. The molecule has 3 aromatic rings. The van der Waals surface area contributed by atoms with Gasteiger partial charge in [-0.3, -0.25) is 20.4 Å². The Morgan fingerprint density at radius 1 is 0.914 bits per heavy atom. The molecule has 0 radical (unpaired) electrons. The molecule has 1 aliphatic carbocycles. The molecule has 0 atom stereocenters. The van der Waals surface area contributed by atoms with Gasteiger partial charge in [0.15, 0.2) is 5.76 Å². The van der Waals surface area contributed by atoms with Crippen LogP contribution in [-0.4, -0.2) is 25.9 Å². The zero-order chi connectivity index (χ0) is 25.2. The fourth-order valence-electron chi connectivity index (χ4n) is 3.62. The maximum absolute atomic E-state index is 13.1. The number of hydrazone groups is 1. The van der Waals surface area contributed by atoms with E-state index in [0.717, 1.165) is 36.4 Å². The molecule has 1 heterocycles. The number of nitrogens with zero attached hydrogens (tertiary/aromatic N) is 1. The molecule has 4 rings (SSSR count). The van der Waals surface area contributed by atoms with Crippen molar-refractivity contribution in [1.29, 1.82) is 0 Å². The van der Waals surface area contributed by atoms with E-state index in [1.165, 1.54) is 12.1 Å². The molecule has 0 fully saturated rings. The van der Waals surface area contributed by atoms with E-state index in [4.69, 9.17) is 4.42 Å². The van der Waals surface area contributed by atoms with Crippen molar-refractivity contribution in [3.63, 3.8) is 0 Å². The van der Waals surface area contributed by atoms with E-state index in [2.05, 4.69) is 20.8 Å². The van der Waals surface area contributed by atoms with Gasteiger partial charge in [-0.2, -0.15) is 18.4 Å². The van der Waals surface area contributed by atoms with Crippen LogP contribution in [0.2, 0.25) is 0 Å². The van der Waals surface area contributed by atoms with Gasteiger partial charge in [0.25, 0.3) is 15.9 Å². The topological polar surface area (TPSA) is 130 Å². The van der Waals surface area contributed by atoms with Crippen LogP contribution in [0.25, 0.3) is 0 Å². The molecule has 0 aliphatic heterocycles. The third kappa shape index (κ3) is 5.22. The predicted molar refractivity (Wildman–Crippen MR) is 121 cm³/mol. The van der Waals surface area contributed by atoms with Gasteiger partial charge in [0.05, 0.1) is 10.6 Å². The summed E-state index contributed by atoms with van der Waals surface area (Å²) in [4.78, 5) is 26.8. The van der Waals surface area contributed by atoms with Gasteiger partial charge < -0.3 is 4.42 Å². The van der Waals surface area contributed by atoms with Crippen molar-refractivity contribution in [3.8, 4) is 0 Å². The summed E-state index contributed by atoms with van der Waals surface area (Å²) in [6.07, 6.45) is 1.55. The van der Waals surface area contributed by atoms with Gasteiger partial charge in [0.1, 0.15) is 17.4 Å². The highest BCUT2D eigenvalue weighted by Crippen LogP contribution is 2.30. The summed E-state index contributed by atoms with van der Waals surface area (Å²) in [5.74, 6) is -2.04. The summed E-state index contributed by atoms with van der Waals surface area (Å²) in [6.45, 7) is 1.62. The fraction of sp³-hybridized carbons (Fsp3) is 0.174. The monoisotopic (exact) mass is 502 g/mol. The first kappa shape index (κ1) is 24.1. The Kier molecular flexibility index (Phi) is 6.65. The van der Waals surface area contributed by atoms with Crippen LogP contribution in [0.1, 0.15) is 50.6 Å². The number of furan rings is 1. The number of amides is 2. The molecule has 35 heavy (non-hydrogen) atoms. The van der Waals surface area contributed by atoms with Crippen LogP contribution in [0, 0.1) is 18.6 Å². The minimum absolute atomic E-state index is 0.0644. The number of aryl methyl sites for hydroxylation is 1. The lowest BCUT2D eigenvalue weighted by Crippen LogP contribution is -2.41. The normalized spacial score (nSPS) is 14.3. The van der Waals surface area contributed by atoms with Crippen molar-refractivity contribution >= 4 is 27.5 Å². The van der Waals surface area contributed by atoms with Gasteiger partial charge >= 0.3 is 5.91 Å². The number of rotatable bonds is 5. The second-order valence-corrected chi connectivity index (χ2v) is 9.39. The Labute approximate surface area is 199 Å². The Morgan fingerprint density at radius 2 is 1.51 bits per heavy atom. The van der Waals surface area contributed by atoms with Crippen LogP contribution in [0.5, 0.6) is 0 Å². The number of benzene rings is 2. The predicted octanol–water partition coefficient (Wildman–Crippen LogP) is 2.96. The molecular weight excluding hydrogens is 482 g/mol. The maximum atomic E-state index is 13.1. The number of fused-ring (bicyclic) bond motifs is 1. The summed E-state index contributed by atoms with van der Waals surface area (Å²) in [5, 5.41) is 4.04. The molecule has 0 saturated carbocycles. The average molecular weight is 502 g/mol. The highest BCUT2D eigenvalue weighted by Gasteiger charge is 2.28. The third-order valence-corrected chi connectivity index (χ3v) is 6.58. The summed E-state index contributed by atoms with van der Waals surface area (Å²) < 4.78 is 56.8. The van der Waals surface area contributed by atoms with Gasteiger partial charge in [-0.05, 0) is 68.3 Å². The minimum atomic E-state index is -4.03. The first-order valence-electron chi connectivity index (χ1n) is 10.5. The van der Waals surface area contributed by atoms with Crippen molar-refractivity contribution < 1.29 is 31.2 Å². The molecule has 12 heteroatoms. The van der Waals surface area contributed by atoms with Crippen LogP contribution in [0.3, 0.4) is 0 Å². The molecule has 2 aromatic carbocycles. The Morgan fingerprint density at radius 3 is 2.17 bits per heavy atom. The smallest absolute Gasteiger partial charge is 0.305 e. The molecule has 1 aromatic heterocycles. The SMILES string of the molecule is Cc1c(C(=O)NNC(=O)c2ccc(F)cc2)oc2c1/C(=N/NS(=O)(=O)c1ccc(F)cc1)CCC2. The Bertz CT molecular complexity index is 1420. The van der Waals surface area contributed by atoms with Crippen molar-refractivity contribution in [1.82, 2.24) is 15.7 Å². The summed E-state index contributed by atoms with van der Waals surface area (Å²) >= 11 is 0. The third-order valence-electron chi connectivity index (χ3n) is 5.35. The number of hydrogen-bond acceptors (Lipinski definition) is 6. The van der Waals surface area contributed by atoms with Crippen LogP contribution in [-0.2, 0) is 16.4 Å². The number of carbonyl (C=O) groups is 2. The molecular formula is C23H20F2N4O5S. The van der Waals surface area contributed by atoms with E-state index in [1.807, 2.05) is 0 Å². The molecule has 182 valence electrons. The maximum Gasteiger partial charge on any atom is 0.305 e. The number of carbonyl (C=O) groups excluding carboxylic acids is 2. The minimum Gasteiger partial charge on any atom is -0.455 e. The van der Waals surface area contributed by atoms with Crippen molar-refractivity contribution in [3.05, 3.63) is 88.4 Å². The number of sulfonamides is 1. The number of hydrazine groups is 1. The van der Waals surface area contributed by atoms with Gasteiger partial charge in [0.2, 0.25) is 0 Å². The van der Waals surface area contributed by atoms with Crippen molar-refractivity contribution in [2.45, 2.75) is 31.1 Å². The van der Waals surface area contributed by atoms with Crippen LogP contribution in [0.4, 0.5) is 8.78 Å². The van der Waals surface area contributed by atoms with Gasteiger partial charge in [0, 0.05) is 23.1 Å². The van der Waals surface area contributed by atoms with E-state index < -0.39 is 33.5 Å². The molecule has 1 aliphatic rings. The Hall–Kier alpha value is -4.06. The van der Waals surface area contributed by atoms with Crippen molar-refractivity contribution in [2.75, 3.05) is 0 Å². The van der Waals surface area contributed by atoms with Crippen LogP contribution >= 0.6 is 0 Å². The highest BCUT2D eigenvalue weighted by molar-refractivity contribution is 7.89. The van der Waals surface area contributed by atoms with E-state index in [0.29, 0.717) is 41.9 Å². The van der Waals surface area contributed by atoms with Crippen LogP contribution < -0.4 is 15.7 Å². The summed E-state index contributed by atoms with van der Waals surface area (Å²) in [5.41, 5.74) is 5.94. The molecule has 0 unspecified atom stereocenters. The number of hydrogen-bond donors (Lipinski definition) is 3. The van der Waals surface area contributed by atoms with E-state index >= 15 is 0 Å². The first-order chi connectivity index (χ1) is 16.7. The Balaban J connectivity index is 1.50. The molecule has 2 amide bonds. The van der Waals surface area contributed by atoms with Gasteiger partial charge in [-0.25, -0.2) is 8.78 Å². The standard InChI is InChI=1S/C23H20F2N4O5S/c1-13-20-18(26-29-35(32,33)17-11-9-16(25)10-12-17)3-2-4-19(20)34-21(13)23(31)28-27-22(30)14-5-7-15(24)8-6-14/h5-12,29H,2-4H2,1H3,(H,27,30)(H,28,31)/b26-18+. The van der Waals surface area contributed by atoms with Crippen LogP contribution in [0.15, 0.2) is 62.9 Å². The summed E-state index contributed by atoms with van der Waals surface area (Å²) in [6, 6.07) is 9.07. The zero-order valence-corrected chi connectivity index (χ0v) is 19.2. The second kappa shape index (κ2) is 9.66. The largest absolute Gasteiger partial charge is 0.455 e. The van der Waals surface area contributed by atoms with Gasteiger partial charge in [-0.1, -0.05) is 0 Å². The molecule has 0 saturated heterocycles. The molecule has 3 N–H and O–H groups in total. The average Bonchev–Trinajstić information content (AvgIpc) is 3.19. The molecule has 0 bridgehead atoms. The number of halogens is 2. The lowest BCUT2D eigenvalue weighted by Gasteiger charge is -2.14. The van der Waals surface area contributed by atoms with Gasteiger partial charge in [-0.15, -0.1) is 0 Å². The van der Waals surface area contributed by atoms with E-state index in [1.54, 1.807) is 6.92 Å². The van der Waals surface area contributed by atoms with E-state index in [9.17, 15) is 26.8 Å². The lowest BCUT2D eigenvalue weighted by atomic mass is 9.93. The highest BCUT2D eigenvalue weighted by atomic mass is 32.2. The summed E-state index contributed by atoms with van der Waals surface area (Å²) in [7, 11) is -4.03. The fourth-order valence-corrected chi connectivity index (χ4v) is 4.45. The van der Waals surface area contributed by atoms with E-state index in [-0.39, 0.29) is 16.2 Å². The zero-order valence-electron chi connectivity index (χ0n) is 18.4. The quantitative estimate of drug-likeness (QED) is 0.462.